The molecule has 5 heteroatoms. The molecule has 2 aliphatic rings. The Hall–Kier alpha value is -3.08. The maximum absolute atomic E-state index is 13.1. The Labute approximate surface area is 163 Å². The van der Waals surface area contributed by atoms with Crippen molar-refractivity contribution in [2.24, 2.45) is 11.8 Å². The standard InChI is InChI=1S/C23H23N3O2/c1-15(27)26-13-19-12-25(14-20(19)22(26)16-5-3-2-4-6-16)23(28)18-7-8-21-17(11-18)9-10-24-21/h2-11,19-20,22,24H,12-14H2,1H3/t19-,20-,22-/m1/s1. The number of nitrogens with zero attached hydrogens (tertiary/aromatic N) is 2. The molecule has 2 saturated heterocycles. The first-order chi connectivity index (χ1) is 13.6. The van der Waals surface area contributed by atoms with E-state index >= 15 is 0 Å². The van der Waals surface area contributed by atoms with Crippen molar-refractivity contribution in [1.29, 1.82) is 0 Å². The first kappa shape index (κ1) is 17.0. The number of aromatic amines is 1. The number of amides is 2. The summed E-state index contributed by atoms with van der Waals surface area (Å²) in [4.78, 5) is 32.5. The van der Waals surface area contributed by atoms with Gasteiger partial charge >= 0.3 is 0 Å². The van der Waals surface area contributed by atoms with Crippen molar-refractivity contribution in [3.8, 4) is 0 Å². The van der Waals surface area contributed by atoms with Gasteiger partial charge in [-0.15, -0.1) is 0 Å². The predicted octanol–water partition coefficient (Wildman–Crippen LogP) is 3.46. The molecule has 0 spiro atoms. The third-order valence-corrected chi connectivity index (χ3v) is 6.30. The molecule has 3 aromatic rings. The summed E-state index contributed by atoms with van der Waals surface area (Å²) in [6.45, 7) is 3.77. The lowest BCUT2D eigenvalue weighted by molar-refractivity contribution is -0.130. The van der Waals surface area contributed by atoms with E-state index in [4.69, 9.17) is 0 Å². The molecule has 3 atom stereocenters. The maximum Gasteiger partial charge on any atom is 0.253 e. The zero-order valence-corrected chi connectivity index (χ0v) is 15.8. The number of hydrogen-bond donors (Lipinski definition) is 1. The lowest BCUT2D eigenvalue weighted by atomic mass is 9.89. The fourth-order valence-corrected chi connectivity index (χ4v) is 4.98. The summed E-state index contributed by atoms with van der Waals surface area (Å²) >= 11 is 0. The molecule has 0 aliphatic carbocycles. The topological polar surface area (TPSA) is 56.4 Å². The molecular weight excluding hydrogens is 350 g/mol. The van der Waals surface area contributed by atoms with Gasteiger partial charge in [-0.2, -0.15) is 0 Å². The SMILES string of the molecule is CC(=O)N1C[C@H]2CN(C(=O)c3ccc4[nH]ccc4c3)C[C@H]2[C@H]1c1ccccc1. The summed E-state index contributed by atoms with van der Waals surface area (Å²) in [6, 6.07) is 18.1. The Bertz CT molecular complexity index is 1040. The highest BCUT2D eigenvalue weighted by atomic mass is 16.2. The van der Waals surface area contributed by atoms with Crippen LogP contribution < -0.4 is 0 Å². The van der Waals surface area contributed by atoms with E-state index in [1.165, 1.54) is 0 Å². The van der Waals surface area contributed by atoms with Crippen LogP contribution in [0.5, 0.6) is 0 Å². The van der Waals surface area contributed by atoms with Gasteiger partial charge in [0, 0.05) is 61.1 Å². The van der Waals surface area contributed by atoms with Crippen molar-refractivity contribution in [1.82, 2.24) is 14.8 Å². The van der Waals surface area contributed by atoms with Crippen molar-refractivity contribution in [2.45, 2.75) is 13.0 Å². The summed E-state index contributed by atoms with van der Waals surface area (Å²) in [7, 11) is 0. The lowest BCUT2D eigenvalue weighted by Gasteiger charge is -2.29. The molecule has 0 radical (unpaired) electrons. The van der Waals surface area contributed by atoms with Crippen molar-refractivity contribution in [3.05, 3.63) is 71.9 Å². The van der Waals surface area contributed by atoms with Crippen LogP contribution in [0.15, 0.2) is 60.8 Å². The van der Waals surface area contributed by atoms with Crippen LogP contribution >= 0.6 is 0 Å². The van der Waals surface area contributed by atoms with Crippen LogP contribution in [0.4, 0.5) is 0 Å². The Morgan fingerprint density at radius 2 is 1.82 bits per heavy atom. The third-order valence-electron chi connectivity index (χ3n) is 6.30. The van der Waals surface area contributed by atoms with Crippen LogP contribution in [0.2, 0.25) is 0 Å². The zero-order chi connectivity index (χ0) is 19.3. The molecule has 142 valence electrons. The van der Waals surface area contributed by atoms with Gasteiger partial charge in [0.05, 0.1) is 6.04 Å². The summed E-state index contributed by atoms with van der Waals surface area (Å²) in [5.41, 5.74) is 2.93. The second-order valence-electron chi connectivity index (χ2n) is 7.94. The predicted molar refractivity (Wildman–Crippen MR) is 108 cm³/mol. The van der Waals surface area contributed by atoms with Crippen LogP contribution in [0.3, 0.4) is 0 Å². The quantitative estimate of drug-likeness (QED) is 0.748. The summed E-state index contributed by atoms with van der Waals surface area (Å²) in [5.74, 6) is 0.804. The summed E-state index contributed by atoms with van der Waals surface area (Å²) in [5, 5.41) is 1.05. The number of nitrogens with one attached hydrogen (secondary N) is 1. The number of hydrogen-bond acceptors (Lipinski definition) is 2. The molecule has 0 bridgehead atoms. The van der Waals surface area contributed by atoms with Crippen LogP contribution in [0.25, 0.3) is 10.9 Å². The first-order valence-corrected chi connectivity index (χ1v) is 9.80. The lowest BCUT2D eigenvalue weighted by Crippen LogP contribution is -2.36. The minimum atomic E-state index is 0.0497. The largest absolute Gasteiger partial charge is 0.361 e. The van der Waals surface area contributed by atoms with E-state index in [2.05, 4.69) is 17.1 Å². The van der Waals surface area contributed by atoms with Crippen molar-refractivity contribution in [2.75, 3.05) is 19.6 Å². The monoisotopic (exact) mass is 373 g/mol. The number of carbonyl (C=O) groups excluding carboxylic acids is 2. The molecule has 0 unspecified atom stereocenters. The van der Waals surface area contributed by atoms with Crippen molar-refractivity contribution < 1.29 is 9.59 Å². The van der Waals surface area contributed by atoms with E-state index in [0.717, 1.165) is 28.6 Å². The van der Waals surface area contributed by atoms with Crippen LogP contribution in [-0.2, 0) is 4.79 Å². The normalized spacial score (nSPS) is 24.0. The highest BCUT2D eigenvalue weighted by molar-refractivity contribution is 5.98. The highest BCUT2D eigenvalue weighted by Crippen LogP contribution is 2.45. The molecule has 0 saturated carbocycles. The number of likely N-dealkylation sites (tertiary alicyclic amines) is 2. The van der Waals surface area contributed by atoms with Crippen LogP contribution in [-0.4, -0.2) is 46.2 Å². The number of fused-ring (bicyclic) bond motifs is 2. The fourth-order valence-electron chi connectivity index (χ4n) is 4.98. The smallest absolute Gasteiger partial charge is 0.253 e. The Kier molecular flexibility index (Phi) is 3.97. The van der Waals surface area contributed by atoms with Gasteiger partial charge in [-0.1, -0.05) is 30.3 Å². The Morgan fingerprint density at radius 1 is 1.00 bits per heavy atom. The van der Waals surface area contributed by atoms with Crippen LogP contribution in [0, 0.1) is 11.8 Å². The van der Waals surface area contributed by atoms with Gasteiger partial charge in [-0.25, -0.2) is 0 Å². The molecule has 2 fully saturated rings. The molecular formula is C23H23N3O2. The number of carbonyl (C=O) groups is 2. The van der Waals surface area contributed by atoms with E-state index in [1.807, 2.05) is 58.5 Å². The minimum Gasteiger partial charge on any atom is -0.361 e. The van der Waals surface area contributed by atoms with E-state index in [1.54, 1.807) is 6.92 Å². The molecule has 1 N–H and O–H groups in total. The molecule has 5 nitrogen and oxygen atoms in total. The average molecular weight is 373 g/mol. The average Bonchev–Trinajstić information content (AvgIpc) is 3.41. The van der Waals surface area contributed by atoms with Gasteiger partial charge in [0.2, 0.25) is 5.91 Å². The van der Waals surface area contributed by atoms with E-state index in [9.17, 15) is 9.59 Å². The van der Waals surface area contributed by atoms with Crippen molar-refractivity contribution >= 4 is 22.7 Å². The van der Waals surface area contributed by atoms with Gasteiger partial charge in [-0.3, -0.25) is 9.59 Å². The Balaban J connectivity index is 1.41. The first-order valence-electron chi connectivity index (χ1n) is 9.80. The second-order valence-corrected chi connectivity index (χ2v) is 7.94. The van der Waals surface area contributed by atoms with Crippen LogP contribution in [0.1, 0.15) is 28.9 Å². The van der Waals surface area contributed by atoms with Gasteiger partial charge in [0.25, 0.3) is 5.91 Å². The molecule has 1 aromatic heterocycles. The molecule has 5 rings (SSSR count). The fraction of sp³-hybridized carbons (Fsp3) is 0.304. The van der Waals surface area contributed by atoms with E-state index < -0.39 is 0 Å². The summed E-state index contributed by atoms with van der Waals surface area (Å²) in [6.07, 6.45) is 1.89. The van der Waals surface area contributed by atoms with Gasteiger partial charge < -0.3 is 14.8 Å². The van der Waals surface area contributed by atoms with E-state index in [-0.39, 0.29) is 23.8 Å². The second kappa shape index (κ2) is 6.51. The molecule has 3 heterocycles. The zero-order valence-electron chi connectivity index (χ0n) is 15.8. The molecule has 2 aliphatic heterocycles. The van der Waals surface area contributed by atoms with Crippen molar-refractivity contribution in [3.63, 3.8) is 0 Å². The highest BCUT2D eigenvalue weighted by Gasteiger charge is 2.49. The summed E-state index contributed by atoms with van der Waals surface area (Å²) < 4.78 is 0. The van der Waals surface area contributed by atoms with E-state index in [0.29, 0.717) is 19.0 Å². The number of benzene rings is 2. The number of rotatable bonds is 2. The molecule has 2 amide bonds. The number of aromatic nitrogens is 1. The van der Waals surface area contributed by atoms with Gasteiger partial charge in [0.1, 0.15) is 0 Å². The van der Waals surface area contributed by atoms with Gasteiger partial charge in [0.15, 0.2) is 0 Å². The molecule has 2 aromatic carbocycles. The van der Waals surface area contributed by atoms with Gasteiger partial charge in [-0.05, 0) is 29.8 Å². The Morgan fingerprint density at radius 3 is 2.61 bits per heavy atom. The molecule has 28 heavy (non-hydrogen) atoms. The maximum atomic E-state index is 13.1. The minimum absolute atomic E-state index is 0.0497. The number of H-pyrrole nitrogens is 1. The third kappa shape index (κ3) is 2.70.